The molecule has 9 heteroatoms. The molecule has 0 amide bonds. The Morgan fingerprint density at radius 2 is 1.06 bits per heavy atom. The largest absolute Gasteiger partial charge is 4.00 e. The van der Waals surface area contributed by atoms with Crippen molar-refractivity contribution in [2.24, 2.45) is 0 Å². The fraction of sp³-hybridized carbons (Fsp3) is 0.250. The number of nitrogens with zero attached hydrogens (tertiary/aromatic N) is 6. The second-order valence-corrected chi connectivity index (χ2v) is 8.69. The maximum absolute atomic E-state index is 4.29. The molecule has 0 atom stereocenters. The number of allylic oxidation sites excluding steroid dienone is 10. The maximum atomic E-state index is 4.29. The average Bonchev–Trinajstić information content (AvgIpc) is 3.25. The van der Waals surface area contributed by atoms with Crippen LogP contribution in [0.5, 0.6) is 0 Å². The molecular formula is C24H30FeN6S2. The summed E-state index contributed by atoms with van der Waals surface area (Å²) in [6.45, 7) is 12.6. The van der Waals surface area contributed by atoms with Crippen molar-refractivity contribution in [3.8, 4) is 0 Å². The molecule has 4 heterocycles. The molecule has 0 bridgehead atoms. The first-order valence-electron chi connectivity index (χ1n) is 10.2. The minimum absolute atomic E-state index is 0. The summed E-state index contributed by atoms with van der Waals surface area (Å²) in [6, 6.07) is 0. The molecule has 0 spiro atoms. The predicted molar refractivity (Wildman–Crippen MR) is 139 cm³/mol. The number of hydrogen-bond donors (Lipinski definition) is 0. The summed E-state index contributed by atoms with van der Waals surface area (Å²) in [5.74, 6) is 0. The van der Waals surface area contributed by atoms with Gasteiger partial charge in [0.25, 0.3) is 0 Å². The zero-order valence-electron chi connectivity index (χ0n) is 19.8. The van der Waals surface area contributed by atoms with E-state index in [-0.39, 0.29) is 17.1 Å². The van der Waals surface area contributed by atoms with Crippen molar-refractivity contribution >= 4 is 23.9 Å². The van der Waals surface area contributed by atoms with Crippen LogP contribution in [0.25, 0.3) is 10.6 Å². The van der Waals surface area contributed by atoms with E-state index in [1.807, 2.05) is 48.9 Å². The molecule has 33 heavy (non-hydrogen) atoms. The maximum Gasteiger partial charge on any atom is 4.00 e. The van der Waals surface area contributed by atoms with E-state index in [4.69, 9.17) is 0 Å². The molecular weight excluding hydrogens is 492 g/mol. The van der Waals surface area contributed by atoms with Gasteiger partial charge in [0.05, 0.1) is 0 Å². The van der Waals surface area contributed by atoms with Gasteiger partial charge in [-0.2, -0.15) is 12.4 Å². The van der Waals surface area contributed by atoms with Gasteiger partial charge in [0.1, 0.15) is 0 Å². The SMILES string of the molecule is CSN1[CH-]N(/C=C2/C=CC=C[N-]2)C(C)=C1C.CSN1[CH-]N(/C=C2/C=CC=C[N-]2)C(C)=C1C.[Fe+4]. The zero-order chi connectivity index (χ0) is 23.1. The number of hydrogen-bond acceptors (Lipinski definition) is 6. The van der Waals surface area contributed by atoms with Gasteiger partial charge in [-0.1, -0.05) is 60.4 Å². The molecule has 0 radical (unpaired) electrons. The molecule has 0 saturated carbocycles. The van der Waals surface area contributed by atoms with E-state index >= 15 is 0 Å². The Morgan fingerprint density at radius 3 is 1.33 bits per heavy atom. The van der Waals surface area contributed by atoms with Crippen LogP contribution in [-0.4, -0.2) is 30.9 Å². The van der Waals surface area contributed by atoms with Gasteiger partial charge in [-0.15, -0.1) is 24.7 Å². The van der Waals surface area contributed by atoms with Crippen LogP contribution in [0.1, 0.15) is 27.7 Å². The predicted octanol–water partition coefficient (Wildman–Crippen LogP) is 7.10. The topological polar surface area (TPSA) is 41.2 Å². The van der Waals surface area contributed by atoms with E-state index in [2.05, 4.69) is 82.6 Å². The third kappa shape index (κ3) is 6.96. The van der Waals surface area contributed by atoms with Gasteiger partial charge in [-0.25, -0.2) is 0 Å². The molecule has 0 saturated heterocycles. The van der Waals surface area contributed by atoms with Crippen molar-refractivity contribution in [3.05, 3.63) is 119 Å². The second-order valence-electron chi connectivity index (χ2n) is 7.17. The average molecular weight is 523 g/mol. The van der Waals surface area contributed by atoms with E-state index in [0.29, 0.717) is 0 Å². The second kappa shape index (κ2) is 13.0. The smallest absolute Gasteiger partial charge is 0.663 e. The molecule has 4 aliphatic rings. The molecule has 0 aromatic carbocycles. The van der Waals surface area contributed by atoms with Crippen molar-refractivity contribution < 1.29 is 17.1 Å². The monoisotopic (exact) mass is 522 g/mol. The molecule has 0 unspecified atom stereocenters. The van der Waals surface area contributed by atoms with Gasteiger partial charge in [-0.05, 0) is 52.6 Å². The van der Waals surface area contributed by atoms with Gasteiger partial charge in [0, 0.05) is 22.8 Å². The molecule has 0 aromatic rings. The third-order valence-corrected chi connectivity index (χ3v) is 6.78. The molecule has 0 fully saturated rings. The Balaban J connectivity index is 0.000000227. The van der Waals surface area contributed by atoms with Crippen molar-refractivity contribution in [1.29, 1.82) is 0 Å². The van der Waals surface area contributed by atoms with Gasteiger partial charge < -0.3 is 29.0 Å². The minimum atomic E-state index is 0. The van der Waals surface area contributed by atoms with Crippen LogP contribution in [0, 0.1) is 13.3 Å². The molecule has 4 aliphatic heterocycles. The van der Waals surface area contributed by atoms with Crippen molar-refractivity contribution in [2.75, 3.05) is 12.5 Å². The third-order valence-electron chi connectivity index (χ3n) is 5.25. The summed E-state index contributed by atoms with van der Waals surface area (Å²) in [4.78, 5) is 4.21. The van der Waals surface area contributed by atoms with Crippen LogP contribution < -0.4 is 0 Å². The van der Waals surface area contributed by atoms with Gasteiger partial charge in [-0.3, -0.25) is 0 Å². The summed E-state index contributed by atoms with van der Waals surface area (Å²) in [7, 11) is 0. The van der Waals surface area contributed by atoms with Gasteiger partial charge in [0.2, 0.25) is 0 Å². The molecule has 0 N–H and O–H groups in total. The first kappa shape index (κ1) is 27.2. The Bertz CT molecular complexity index is 869. The minimum Gasteiger partial charge on any atom is -0.663 e. The Kier molecular flexibility index (Phi) is 10.7. The number of rotatable bonds is 4. The van der Waals surface area contributed by atoms with Crippen LogP contribution >= 0.6 is 23.9 Å². The van der Waals surface area contributed by atoms with E-state index in [9.17, 15) is 0 Å². The molecule has 6 nitrogen and oxygen atoms in total. The van der Waals surface area contributed by atoms with Crippen LogP contribution in [0.15, 0.2) is 95.4 Å². The van der Waals surface area contributed by atoms with E-state index in [0.717, 1.165) is 11.4 Å². The first-order chi connectivity index (χ1) is 15.4. The Labute approximate surface area is 218 Å². The Hall–Kier alpha value is -2.06. The summed E-state index contributed by atoms with van der Waals surface area (Å²) >= 11 is 3.39. The van der Waals surface area contributed by atoms with E-state index < -0.39 is 0 Å². The van der Waals surface area contributed by atoms with Crippen molar-refractivity contribution in [1.82, 2.24) is 18.4 Å². The summed E-state index contributed by atoms with van der Waals surface area (Å²) in [5.41, 5.74) is 6.93. The van der Waals surface area contributed by atoms with E-state index in [1.165, 1.54) is 22.8 Å². The van der Waals surface area contributed by atoms with Crippen LogP contribution in [0.2, 0.25) is 0 Å². The van der Waals surface area contributed by atoms with Crippen LogP contribution in [-0.2, 0) is 17.1 Å². The molecule has 4 rings (SSSR count). The molecule has 176 valence electrons. The Morgan fingerprint density at radius 1 is 0.667 bits per heavy atom. The summed E-state index contributed by atoms with van der Waals surface area (Å²) < 4.78 is 4.30. The van der Waals surface area contributed by atoms with Gasteiger partial charge in [0.15, 0.2) is 0 Å². The first-order valence-corrected chi connectivity index (χ1v) is 12.6. The fourth-order valence-corrected chi connectivity index (χ4v) is 4.29. The van der Waals surface area contributed by atoms with E-state index in [1.54, 1.807) is 36.3 Å². The normalized spacial score (nSPS) is 21.6. The molecule has 0 aliphatic carbocycles. The zero-order valence-corrected chi connectivity index (χ0v) is 22.5. The van der Waals surface area contributed by atoms with Crippen molar-refractivity contribution in [2.45, 2.75) is 27.7 Å². The van der Waals surface area contributed by atoms with Crippen LogP contribution in [0.3, 0.4) is 0 Å². The standard InChI is InChI=1S/2C12H15N3S.Fe/c2*1-10-11(2)15(16-3)9-14(10)8-12-6-4-5-7-13-12;/h2*4-9H,1-3H3;/q2*-2;+4/b2*12-8-;. The fourth-order valence-electron chi connectivity index (χ4n) is 3.08. The quantitative estimate of drug-likeness (QED) is 0.223. The van der Waals surface area contributed by atoms with Gasteiger partial charge >= 0.3 is 17.1 Å². The molecule has 0 aromatic heterocycles. The summed E-state index contributed by atoms with van der Waals surface area (Å²) in [6.07, 6.45) is 23.6. The van der Waals surface area contributed by atoms with Crippen LogP contribution in [0.4, 0.5) is 0 Å². The summed E-state index contributed by atoms with van der Waals surface area (Å²) in [5, 5.41) is 8.57. The van der Waals surface area contributed by atoms with Crippen molar-refractivity contribution in [3.63, 3.8) is 0 Å².